The molecule has 4 N–H and O–H groups in total. The molecule has 0 radical (unpaired) electrons. The lowest BCUT2D eigenvalue weighted by Crippen LogP contribution is -2.07. The summed E-state index contributed by atoms with van der Waals surface area (Å²) in [5.74, 6) is 0. The maximum atomic E-state index is 8.88. The molecule has 148 valence electrons. The van der Waals surface area contributed by atoms with Gasteiger partial charge in [-0.2, -0.15) is 0 Å². The van der Waals surface area contributed by atoms with E-state index in [1.807, 2.05) is 0 Å². The van der Waals surface area contributed by atoms with E-state index in [9.17, 15) is 0 Å². The molecule has 0 aromatic heterocycles. The maximum absolute atomic E-state index is 8.88. The minimum absolute atomic E-state index is 0.0957. The van der Waals surface area contributed by atoms with Gasteiger partial charge >= 0.3 is 7.82 Å². The molecule has 0 aliphatic heterocycles. The van der Waals surface area contributed by atoms with Gasteiger partial charge in [0.15, 0.2) is 0 Å². The molecular weight excluding hydrogens is 335 g/mol. The first-order chi connectivity index (χ1) is 11.4. The fraction of sp³-hybridized carbons (Fsp3) is 1.00. The van der Waals surface area contributed by atoms with Gasteiger partial charge in [-0.05, 0) is 6.42 Å². The molecule has 0 aliphatic carbocycles. The Balaban J connectivity index is 0. The summed E-state index contributed by atoms with van der Waals surface area (Å²) in [6.45, 7) is 4.87. The Bertz CT molecular complexity index is 247. The van der Waals surface area contributed by atoms with Crippen LogP contribution < -0.4 is 0 Å². The number of ether oxygens (including phenoxy) is 2. The van der Waals surface area contributed by atoms with Crippen LogP contribution in [0.4, 0.5) is 0 Å². The van der Waals surface area contributed by atoms with Gasteiger partial charge in [-0.3, -0.25) is 0 Å². The lowest BCUT2D eigenvalue weighted by Gasteiger charge is -2.05. The van der Waals surface area contributed by atoms with Gasteiger partial charge in [0.25, 0.3) is 0 Å². The Morgan fingerprint density at radius 1 is 0.667 bits per heavy atom. The van der Waals surface area contributed by atoms with E-state index in [-0.39, 0.29) is 6.61 Å². The summed E-state index contributed by atoms with van der Waals surface area (Å²) in [5.41, 5.74) is 0. The lowest BCUT2D eigenvalue weighted by atomic mass is 10.1. The van der Waals surface area contributed by atoms with Crippen molar-refractivity contribution in [2.75, 3.05) is 33.0 Å². The van der Waals surface area contributed by atoms with Crippen molar-refractivity contribution in [2.45, 2.75) is 71.1 Å². The van der Waals surface area contributed by atoms with Crippen LogP contribution in [0.2, 0.25) is 0 Å². The lowest BCUT2D eigenvalue weighted by molar-refractivity contribution is 0.0321. The van der Waals surface area contributed by atoms with Crippen LogP contribution in [-0.2, 0) is 14.0 Å². The second-order valence-electron chi connectivity index (χ2n) is 5.64. The largest absolute Gasteiger partial charge is 0.466 e. The van der Waals surface area contributed by atoms with Crippen molar-refractivity contribution in [1.29, 1.82) is 0 Å². The number of rotatable bonds is 16. The van der Waals surface area contributed by atoms with Crippen molar-refractivity contribution in [3.8, 4) is 0 Å². The molecule has 0 spiro atoms. The van der Waals surface area contributed by atoms with Gasteiger partial charge in [-0.15, -0.1) is 0 Å². The minimum atomic E-state index is -4.64. The number of aliphatic hydroxyl groups is 1. The fourth-order valence-corrected chi connectivity index (χ4v) is 2.08. The molecule has 0 saturated heterocycles. The summed E-state index contributed by atoms with van der Waals surface area (Å²) in [5, 5.41) is 8.50. The predicted molar refractivity (Wildman–Crippen MR) is 94.8 cm³/mol. The van der Waals surface area contributed by atoms with Crippen molar-refractivity contribution in [3.63, 3.8) is 0 Å². The molecule has 0 bridgehead atoms. The highest BCUT2D eigenvalue weighted by molar-refractivity contribution is 7.45. The van der Waals surface area contributed by atoms with E-state index < -0.39 is 7.82 Å². The second kappa shape index (κ2) is 21.0. The third kappa shape index (κ3) is 37.9. The van der Waals surface area contributed by atoms with E-state index in [1.165, 1.54) is 57.8 Å². The molecule has 0 atom stereocenters. The highest BCUT2D eigenvalue weighted by Gasteiger charge is 2.00. The Kier molecular flexibility index (Phi) is 23.0. The third-order valence-corrected chi connectivity index (χ3v) is 3.25. The summed E-state index contributed by atoms with van der Waals surface area (Å²) < 4.78 is 19.4. The number of hydrogen-bond acceptors (Lipinski definition) is 4. The molecule has 0 saturated carbocycles. The monoisotopic (exact) mass is 372 g/mol. The molecule has 0 heterocycles. The van der Waals surface area contributed by atoms with Gasteiger partial charge in [0.05, 0.1) is 26.4 Å². The highest BCUT2D eigenvalue weighted by atomic mass is 31.2. The Hall–Kier alpha value is -0.0100. The molecule has 8 heteroatoms. The van der Waals surface area contributed by atoms with Crippen LogP contribution in [0.15, 0.2) is 0 Å². The first-order valence-electron chi connectivity index (χ1n) is 8.96. The topological polar surface area (TPSA) is 116 Å². The first-order valence-corrected chi connectivity index (χ1v) is 10.5. The summed E-state index contributed by atoms with van der Waals surface area (Å²) in [4.78, 5) is 21.6. The zero-order chi connectivity index (χ0) is 18.5. The Morgan fingerprint density at radius 3 is 1.46 bits per heavy atom. The number of unbranched alkanes of at least 4 members (excludes halogenated alkanes) is 9. The van der Waals surface area contributed by atoms with Crippen molar-refractivity contribution < 1.29 is 33.8 Å². The van der Waals surface area contributed by atoms with Crippen LogP contribution >= 0.6 is 7.82 Å². The van der Waals surface area contributed by atoms with Crippen LogP contribution in [-0.4, -0.2) is 52.8 Å². The Morgan fingerprint density at radius 2 is 1.04 bits per heavy atom. The summed E-state index contributed by atoms with van der Waals surface area (Å²) in [6, 6.07) is 0. The molecule has 7 nitrogen and oxygen atoms in total. The van der Waals surface area contributed by atoms with E-state index in [4.69, 9.17) is 33.8 Å². The van der Waals surface area contributed by atoms with Crippen molar-refractivity contribution in [1.82, 2.24) is 0 Å². The molecule has 0 fully saturated rings. The molecule has 0 aromatic carbocycles. The molecule has 0 unspecified atom stereocenters. The average molecular weight is 372 g/mol. The molecule has 0 aliphatic rings. The Labute approximate surface area is 146 Å². The van der Waals surface area contributed by atoms with Crippen LogP contribution in [0.5, 0.6) is 0 Å². The second-order valence-corrected chi connectivity index (χ2v) is 6.67. The van der Waals surface area contributed by atoms with Gasteiger partial charge in [0.1, 0.15) is 0 Å². The van der Waals surface area contributed by atoms with Crippen LogP contribution in [0, 0.1) is 0 Å². The van der Waals surface area contributed by atoms with E-state index in [0.29, 0.717) is 19.8 Å². The van der Waals surface area contributed by atoms with Gasteiger partial charge in [-0.1, -0.05) is 64.7 Å². The smallest absolute Gasteiger partial charge is 0.394 e. The summed E-state index contributed by atoms with van der Waals surface area (Å²) in [7, 11) is -4.64. The maximum Gasteiger partial charge on any atom is 0.466 e. The zero-order valence-electron chi connectivity index (χ0n) is 15.1. The SMILES string of the molecule is CCCCCCCCCCCCOCCOCCO.O=P(O)(O)O. The van der Waals surface area contributed by atoms with E-state index in [0.717, 1.165) is 13.0 Å². The average Bonchev–Trinajstić information content (AvgIpc) is 2.49. The number of hydrogen-bond donors (Lipinski definition) is 4. The van der Waals surface area contributed by atoms with E-state index >= 15 is 0 Å². The van der Waals surface area contributed by atoms with Crippen LogP contribution in [0.1, 0.15) is 71.1 Å². The van der Waals surface area contributed by atoms with Gasteiger partial charge in [-0.25, -0.2) is 4.57 Å². The quantitative estimate of drug-likeness (QED) is 0.243. The number of aliphatic hydroxyl groups excluding tert-OH is 1. The van der Waals surface area contributed by atoms with E-state index in [1.54, 1.807) is 0 Å². The van der Waals surface area contributed by atoms with Crippen molar-refractivity contribution >= 4 is 7.82 Å². The van der Waals surface area contributed by atoms with Gasteiger partial charge < -0.3 is 29.3 Å². The molecular formula is C16H37O7P. The molecule has 0 amide bonds. The van der Waals surface area contributed by atoms with Crippen LogP contribution in [0.25, 0.3) is 0 Å². The highest BCUT2D eigenvalue weighted by Crippen LogP contribution is 2.25. The minimum Gasteiger partial charge on any atom is -0.394 e. The molecule has 0 aromatic rings. The van der Waals surface area contributed by atoms with Crippen LogP contribution in [0.3, 0.4) is 0 Å². The van der Waals surface area contributed by atoms with E-state index in [2.05, 4.69) is 6.92 Å². The predicted octanol–water partition coefficient (Wildman–Crippen LogP) is 3.00. The third-order valence-electron chi connectivity index (χ3n) is 3.25. The van der Waals surface area contributed by atoms with Crippen molar-refractivity contribution in [2.24, 2.45) is 0 Å². The van der Waals surface area contributed by atoms with Gasteiger partial charge in [0.2, 0.25) is 0 Å². The fourth-order valence-electron chi connectivity index (χ4n) is 2.08. The molecule has 0 rings (SSSR count). The first kappa shape index (κ1) is 26.2. The standard InChI is InChI=1S/C16H34O3.H3O4P/c1-2-3-4-5-6-7-8-9-10-11-13-18-15-16-19-14-12-17;1-5(2,3)4/h17H,2-16H2,1H3;(H3,1,2,3,4). The number of phosphoric acid groups is 1. The zero-order valence-corrected chi connectivity index (χ0v) is 16.0. The van der Waals surface area contributed by atoms with Crippen molar-refractivity contribution in [3.05, 3.63) is 0 Å². The van der Waals surface area contributed by atoms with Gasteiger partial charge in [0, 0.05) is 6.61 Å². The summed E-state index contributed by atoms with van der Waals surface area (Å²) >= 11 is 0. The normalized spacial score (nSPS) is 11.2. The summed E-state index contributed by atoms with van der Waals surface area (Å²) in [6.07, 6.45) is 13.6. The molecule has 24 heavy (non-hydrogen) atoms.